The molecule has 1 aromatic heterocycles. The number of nitrogens with zero attached hydrogens (tertiary/aromatic N) is 4. The number of benzene rings is 2. The number of alkyl halides is 1. The number of aromatic nitrogens is 2. The van der Waals surface area contributed by atoms with Crippen molar-refractivity contribution >= 4 is 5.91 Å². The average molecular weight is 555 g/mol. The number of likely N-dealkylation sites (tertiary alicyclic amines) is 2. The van der Waals surface area contributed by atoms with Gasteiger partial charge in [0.05, 0.1) is 17.8 Å². The zero-order chi connectivity index (χ0) is 28.0. The second-order valence-electron chi connectivity index (χ2n) is 11.2. The Labute approximate surface area is 231 Å². The summed E-state index contributed by atoms with van der Waals surface area (Å²) in [4.78, 5) is 21.9. The number of ether oxygens (including phenoxy) is 1. The SMILES string of the molecule is CN1C[C@H](F)[C@@H]2CN([C@@H](c3nc(-c4cc(F)ccc4F)cn3Cc3ccccc3)C3CCOCC3)C(=O)[C@@H](O)C21. The number of likely N-dealkylation sites (N-methyl/N-ethyl adjacent to an activating group) is 1. The molecule has 0 saturated carbocycles. The molecule has 7 nitrogen and oxygen atoms in total. The van der Waals surface area contributed by atoms with Crippen LogP contribution in [0.3, 0.4) is 0 Å². The highest BCUT2D eigenvalue weighted by molar-refractivity contribution is 5.83. The Kier molecular flexibility index (Phi) is 7.41. The van der Waals surface area contributed by atoms with E-state index in [1.165, 1.54) is 0 Å². The first-order valence-corrected chi connectivity index (χ1v) is 13.8. The number of piperidine rings is 1. The Morgan fingerprint density at radius 2 is 1.85 bits per heavy atom. The Bertz CT molecular complexity index is 1360. The number of halogens is 3. The van der Waals surface area contributed by atoms with E-state index in [4.69, 9.17) is 9.72 Å². The van der Waals surface area contributed by atoms with E-state index in [2.05, 4.69) is 0 Å². The predicted octanol–water partition coefficient (Wildman–Crippen LogP) is 3.82. The number of imidazole rings is 1. The van der Waals surface area contributed by atoms with Crippen molar-refractivity contribution < 1.29 is 27.8 Å². The summed E-state index contributed by atoms with van der Waals surface area (Å²) < 4.78 is 51.7. The number of carbonyl (C=O) groups excluding carboxylic acids is 1. The third-order valence-corrected chi connectivity index (χ3v) is 8.66. The molecule has 4 heterocycles. The fraction of sp³-hybridized carbons (Fsp3) is 0.467. The summed E-state index contributed by atoms with van der Waals surface area (Å²) in [5.41, 5.74) is 1.22. The largest absolute Gasteiger partial charge is 0.382 e. The molecule has 1 unspecified atom stereocenters. The van der Waals surface area contributed by atoms with Crippen LogP contribution in [0.5, 0.6) is 0 Å². The average Bonchev–Trinajstić information content (AvgIpc) is 3.49. The number of hydrogen-bond donors (Lipinski definition) is 1. The topological polar surface area (TPSA) is 70.8 Å². The van der Waals surface area contributed by atoms with E-state index in [9.17, 15) is 18.7 Å². The van der Waals surface area contributed by atoms with Gasteiger partial charge < -0.3 is 19.3 Å². The summed E-state index contributed by atoms with van der Waals surface area (Å²) in [5, 5.41) is 11.1. The first kappa shape index (κ1) is 27.0. The van der Waals surface area contributed by atoms with Crippen LogP contribution < -0.4 is 0 Å². The molecule has 3 saturated heterocycles. The summed E-state index contributed by atoms with van der Waals surface area (Å²) >= 11 is 0. The minimum Gasteiger partial charge on any atom is -0.382 e. The van der Waals surface area contributed by atoms with Gasteiger partial charge in [-0.25, -0.2) is 18.2 Å². The van der Waals surface area contributed by atoms with Gasteiger partial charge >= 0.3 is 0 Å². The summed E-state index contributed by atoms with van der Waals surface area (Å²) in [6.07, 6.45) is 0.404. The van der Waals surface area contributed by atoms with Crippen LogP contribution in [0.2, 0.25) is 0 Å². The lowest BCUT2D eigenvalue weighted by atomic mass is 9.84. The molecule has 3 aromatic rings. The molecular formula is C30H33F3N4O3. The number of aliphatic hydroxyl groups excluding tert-OH is 1. The van der Waals surface area contributed by atoms with Gasteiger partial charge in [0.15, 0.2) is 0 Å². The minimum atomic E-state index is -1.37. The predicted molar refractivity (Wildman–Crippen MR) is 142 cm³/mol. The maximum absolute atomic E-state index is 15.2. The van der Waals surface area contributed by atoms with Crippen molar-refractivity contribution in [1.29, 1.82) is 0 Å². The van der Waals surface area contributed by atoms with E-state index in [-0.39, 0.29) is 30.3 Å². The summed E-state index contributed by atoms with van der Waals surface area (Å²) in [7, 11) is 1.73. The molecule has 10 heteroatoms. The van der Waals surface area contributed by atoms with Crippen LogP contribution in [0.4, 0.5) is 13.2 Å². The van der Waals surface area contributed by atoms with E-state index in [0.717, 1.165) is 23.8 Å². The van der Waals surface area contributed by atoms with Gasteiger partial charge in [-0.15, -0.1) is 0 Å². The number of fused-ring (bicyclic) bond motifs is 1. The molecule has 6 rings (SSSR count). The second-order valence-corrected chi connectivity index (χ2v) is 11.2. The van der Waals surface area contributed by atoms with Crippen LogP contribution in [0.1, 0.15) is 30.3 Å². The molecule has 0 radical (unpaired) electrons. The highest BCUT2D eigenvalue weighted by Gasteiger charge is 2.54. The van der Waals surface area contributed by atoms with Crippen molar-refractivity contribution in [3.63, 3.8) is 0 Å². The molecule has 3 aliphatic rings. The van der Waals surface area contributed by atoms with Crippen molar-refractivity contribution in [2.45, 2.75) is 43.7 Å². The fourth-order valence-electron chi connectivity index (χ4n) is 6.69. The quantitative estimate of drug-likeness (QED) is 0.502. The van der Waals surface area contributed by atoms with Crippen LogP contribution in [0, 0.1) is 23.5 Å². The molecule has 212 valence electrons. The van der Waals surface area contributed by atoms with Gasteiger partial charge in [-0.1, -0.05) is 30.3 Å². The molecular weight excluding hydrogens is 521 g/mol. The minimum absolute atomic E-state index is 0.0186. The summed E-state index contributed by atoms with van der Waals surface area (Å²) in [6, 6.07) is 11.7. The zero-order valence-electron chi connectivity index (χ0n) is 22.3. The number of aliphatic hydroxyl groups is 1. The first-order chi connectivity index (χ1) is 19.3. The van der Waals surface area contributed by atoms with E-state index in [0.29, 0.717) is 38.4 Å². The lowest BCUT2D eigenvalue weighted by Gasteiger charge is -2.46. The molecule has 1 N–H and O–H groups in total. The zero-order valence-corrected chi connectivity index (χ0v) is 22.3. The van der Waals surface area contributed by atoms with Crippen LogP contribution >= 0.6 is 0 Å². The van der Waals surface area contributed by atoms with Gasteiger partial charge in [0, 0.05) is 50.5 Å². The van der Waals surface area contributed by atoms with Crippen molar-refractivity contribution in [1.82, 2.24) is 19.4 Å². The summed E-state index contributed by atoms with van der Waals surface area (Å²) in [6.45, 7) is 1.66. The monoisotopic (exact) mass is 554 g/mol. The number of carbonyl (C=O) groups is 1. The van der Waals surface area contributed by atoms with Crippen LogP contribution in [0.25, 0.3) is 11.3 Å². The number of hydrogen-bond acceptors (Lipinski definition) is 5. The highest BCUT2D eigenvalue weighted by atomic mass is 19.1. The molecule has 1 amide bonds. The second kappa shape index (κ2) is 11.0. The number of amides is 1. The highest BCUT2D eigenvalue weighted by Crippen LogP contribution is 2.42. The molecule has 0 bridgehead atoms. The van der Waals surface area contributed by atoms with E-state index in [1.807, 2.05) is 34.9 Å². The van der Waals surface area contributed by atoms with Crippen molar-refractivity contribution in [3.8, 4) is 11.3 Å². The molecule has 3 fully saturated rings. The summed E-state index contributed by atoms with van der Waals surface area (Å²) in [5.74, 6) is -1.79. The van der Waals surface area contributed by atoms with Gasteiger partial charge in [0.1, 0.15) is 29.7 Å². The lowest BCUT2D eigenvalue weighted by Crippen LogP contribution is -2.60. The Hall–Kier alpha value is -3.21. The molecule has 40 heavy (non-hydrogen) atoms. The fourth-order valence-corrected chi connectivity index (χ4v) is 6.69. The Morgan fingerprint density at radius 1 is 1.10 bits per heavy atom. The van der Waals surface area contributed by atoms with Gasteiger partial charge in [-0.05, 0) is 49.6 Å². The van der Waals surface area contributed by atoms with Gasteiger partial charge in [0.25, 0.3) is 5.91 Å². The van der Waals surface area contributed by atoms with E-state index >= 15 is 4.39 Å². The lowest BCUT2D eigenvalue weighted by molar-refractivity contribution is -0.157. The number of rotatable bonds is 6. The first-order valence-electron chi connectivity index (χ1n) is 13.8. The smallest absolute Gasteiger partial charge is 0.253 e. The van der Waals surface area contributed by atoms with Crippen molar-refractivity contribution in [2.24, 2.45) is 11.8 Å². The maximum Gasteiger partial charge on any atom is 0.253 e. The van der Waals surface area contributed by atoms with Gasteiger partial charge in [0.2, 0.25) is 0 Å². The van der Waals surface area contributed by atoms with Crippen LogP contribution in [-0.2, 0) is 16.1 Å². The van der Waals surface area contributed by atoms with Crippen LogP contribution in [-0.4, -0.2) is 82.0 Å². The molecule has 5 atom stereocenters. The maximum atomic E-state index is 15.2. The van der Waals surface area contributed by atoms with Gasteiger partial charge in [-0.3, -0.25) is 9.69 Å². The molecule has 3 aliphatic heterocycles. The molecule has 2 aromatic carbocycles. The standard InChI is InChI=1S/C30H33F3N4O3/c1-35-16-24(33)22-15-37(30(39)28(38)27(22)35)26(19-9-11-40-12-10-19)29-34-25(21-13-20(31)7-8-23(21)32)17-36(29)14-18-5-3-2-4-6-18/h2-8,13,17,19,22,24,26-28,38H,9-12,14-16H2,1H3/t22-,24-,26+,27?,28-/m0/s1. The van der Waals surface area contributed by atoms with Crippen LogP contribution in [0.15, 0.2) is 54.7 Å². The third-order valence-electron chi connectivity index (χ3n) is 8.66. The van der Waals surface area contributed by atoms with E-state index < -0.39 is 47.8 Å². The van der Waals surface area contributed by atoms with Crippen molar-refractivity contribution in [2.75, 3.05) is 33.4 Å². The Morgan fingerprint density at radius 3 is 2.60 bits per heavy atom. The van der Waals surface area contributed by atoms with Gasteiger partial charge in [-0.2, -0.15) is 0 Å². The Balaban J connectivity index is 1.47. The molecule has 0 spiro atoms. The molecule has 0 aliphatic carbocycles. The third kappa shape index (κ3) is 4.93. The van der Waals surface area contributed by atoms with Crippen molar-refractivity contribution in [3.05, 3.63) is 77.8 Å². The normalized spacial score (nSPS) is 26.7. The van der Waals surface area contributed by atoms with E-state index in [1.54, 1.807) is 23.0 Å².